The van der Waals surface area contributed by atoms with E-state index in [0.717, 1.165) is 5.56 Å². The van der Waals surface area contributed by atoms with E-state index in [2.05, 4.69) is 15.5 Å². The van der Waals surface area contributed by atoms with Gasteiger partial charge in [-0.25, -0.2) is 0 Å². The third-order valence-electron chi connectivity index (χ3n) is 2.38. The number of halogens is 1. The highest BCUT2D eigenvalue weighted by Crippen LogP contribution is 2.18. The Hall–Kier alpha value is -1.88. The molecule has 0 spiro atoms. The molecule has 0 radical (unpaired) electrons. The quantitative estimate of drug-likeness (QED) is 0.933. The van der Waals surface area contributed by atoms with E-state index in [1.54, 1.807) is 6.07 Å². The average molecular weight is 280 g/mol. The summed E-state index contributed by atoms with van der Waals surface area (Å²) in [6, 6.07) is 7.41. The summed E-state index contributed by atoms with van der Waals surface area (Å²) in [5.41, 5.74) is 0.878. The van der Waals surface area contributed by atoms with Crippen molar-refractivity contribution in [3.05, 3.63) is 46.6 Å². The molecule has 1 amide bonds. The Balaban J connectivity index is 2.10. The SMILES string of the molecule is CC(C)NC(=O)c1nnc(Cc2ccccc2Cl)o1. The fourth-order valence-corrected chi connectivity index (χ4v) is 1.75. The van der Waals surface area contributed by atoms with Crippen LogP contribution >= 0.6 is 11.6 Å². The zero-order valence-electron chi connectivity index (χ0n) is 10.7. The molecular formula is C13H14ClN3O2. The molecule has 0 fully saturated rings. The highest BCUT2D eigenvalue weighted by atomic mass is 35.5. The molecular weight excluding hydrogens is 266 g/mol. The second kappa shape index (κ2) is 5.84. The van der Waals surface area contributed by atoms with Crippen LogP contribution in [-0.2, 0) is 6.42 Å². The number of benzene rings is 1. The molecule has 0 saturated carbocycles. The predicted octanol–water partition coefficient (Wildman–Crippen LogP) is 2.45. The van der Waals surface area contributed by atoms with Gasteiger partial charge in [0.2, 0.25) is 5.89 Å². The van der Waals surface area contributed by atoms with Gasteiger partial charge in [0.05, 0.1) is 6.42 Å². The van der Waals surface area contributed by atoms with Crippen molar-refractivity contribution >= 4 is 17.5 Å². The van der Waals surface area contributed by atoms with Gasteiger partial charge in [-0.15, -0.1) is 10.2 Å². The Morgan fingerprint density at radius 2 is 2.11 bits per heavy atom. The Labute approximate surface area is 116 Å². The minimum Gasteiger partial charge on any atom is -0.417 e. The summed E-state index contributed by atoms with van der Waals surface area (Å²) in [6.45, 7) is 3.72. The van der Waals surface area contributed by atoms with Crippen LogP contribution in [0.1, 0.15) is 36.0 Å². The summed E-state index contributed by atoms with van der Waals surface area (Å²) in [6.07, 6.45) is 0.404. The zero-order chi connectivity index (χ0) is 13.8. The third kappa shape index (κ3) is 3.54. The number of amides is 1. The number of hydrogen-bond acceptors (Lipinski definition) is 4. The van der Waals surface area contributed by atoms with Crippen molar-refractivity contribution in [3.63, 3.8) is 0 Å². The van der Waals surface area contributed by atoms with Crippen LogP contribution in [0.4, 0.5) is 0 Å². The molecule has 100 valence electrons. The van der Waals surface area contributed by atoms with Crippen LogP contribution in [0.2, 0.25) is 5.02 Å². The maximum atomic E-state index is 11.7. The lowest BCUT2D eigenvalue weighted by molar-refractivity contribution is 0.0906. The Bertz CT molecular complexity index is 581. The fourth-order valence-electron chi connectivity index (χ4n) is 1.55. The molecule has 6 heteroatoms. The average Bonchev–Trinajstić information content (AvgIpc) is 2.80. The van der Waals surface area contributed by atoms with Gasteiger partial charge < -0.3 is 9.73 Å². The first-order chi connectivity index (χ1) is 9.06. The molecule has 2 aromatic rings. The van der Waals surface area contributed by atoms with Crippen LogP contribution in [0.25, 0.3) is 0 Å². The van der Waals surface area contributed by atoms with E-state index in [1.807, 2.05) is 32.0 Å². The predicted molar refractivity (Wildman–Crippen MR) is 71.2 cm³/mol. The first-order valence-electron chi connectivity index (χ1n) is 5.93. The van der Waals surface area contributed by atoms with Crippen molar-refractivity contribution in [3.8, 4) is 0 Å². The highest BCUT2D eigenvalue weighted by Gasteiger charge is 2.16. The lowest BCUT2D eigenvalue weighted by Gasteiger charge is -2.04. The lowest BCUT2D eigenvalue weighted by Crippen LogP contribution is -2.30. The topological polar surface area (TPSA) is 68.0 Å². The number of nitrogens with zero attached hydrogens (tertiary/aromatic N) is 2. The number of hydrogen-bond donors (Lipinski definition) is 1. The molecule has 0 aliphatic rings. The van der Waals surface area contributed by atoms with Crippen molar-refractivity contribution in [1.82, 2.24) is 15.5 Å². The fraction of sp³-hybridized carbons (Fsp3) is 0.308. The van der Waals surface area contributed by atoms with Gasteiger partial charge in [0.15, 0.2) is 0 Å². The summed E-state index contributed by atoms with van der Waals surface area (Å²) in [4.78, 5) is 11.7. The summed E-state index contributed by atoms with van der Waals surface area (Å²) in [7, 11) is 0. The summed E-state index contributed by atoms with van der Waals surface area (Å²) < 4.78 is 5.31. The molecule has 0 bridgehead atoms. The molecule has 1 aromatic carbocycles. The number of rotatable bonds is 4. The molecule has 1 aromatic heterocycles. The van der Waals surface area contributed by atoms with E-state index >= 15 is 0 Å². The molecule has 1 heterocycles. The van der Waals surface area contributed by atoms with Gasteiger partial charge in [-0.2, -0.15) is 0 Å². The van der Waals surface area contributed by atoms with Gasteiger partial charge in [-0.3, -0.25) is 4.79 Å². The van der Waals surface area contributed by atoms with Gasteiger partial charge in [0.25, 0.3) is 0 Å². The van der Waals surface area contributed by atoms with Crippen LogP contribution in [-0.4, -0.2) is 22.1 Å². The van der Waals surface area contributed by atoms with E-state index in [0.29, 0.717) is 17.3 Å². The molecule has 5 nitrogen and oxygen atoms in total. The van der Waals surface area contributed by atoms with Crippen LogP contribution < -0.4 is 5.32 Å². The number of aromatic nitrogens is 2. The largest absolute Gasteiger partial charge is 0.417 e. The van der Waals surface area contributed by atoms with Gasteiger partial charge in [-0.05, 0) is 25.5 Å². The molecule has 1 N–H and O–H groups in total. The van der Waals surface area contributed by atoms with Gasteiger partial charge in [-0.1, -0.05) is 29.8 Å². The van der Waals surface area contributed by atoms with Crippen molar-refractivity contribution in [2.45, 2.75) is 26.3 Å². The zero-order valence-corrected chi connectivity index (χ0v) is 11.4. The van der Waals surface area contributed by atoms with Gasteiger partial charge in [0.1, 0.15) is 0 Å². The minimum atomic E-state index is -0.368. The second-order valence-electron chi connectivity index (χ2n) is 4.40. The molecule has 0 atom stereocenters. The van der Waals surface area contributed by atoms with Crippen LogP contribution in [0, 0.1) is 0 Å². The second-order valence-corrected chi connectivity index (χ2v) is 4.80. The highest BCUT2D eigenvalue weighted by molar-refractivity contribution is 6.31. The monoisotopic (exact) mass is 279 g/mol. The maximum absolute atomic E-state index is 11.7. The van der Waals surface area contributed by atoms with Crippen molar-refractivity contribution in [2.24, 2.45) is 0 Å². The summed E-state index contributed by atoms with van der Waals surface area (Å²) >= 11 is 6.04. The minimum absolute atomic E-state index is 0.0198. The van der Waals surface area contributed by atoms with E-state index in [9.17, 15) is 4.79 Å². The first kappa shape index (κ1) is 13.5. The van der Waals surface area contributed by atoms with Crippen LogP contribution in [0.5, 0.6) is 0 Å². The standard InChI is InChI=1S/C13H14ClN3O2/c1-8(2)15-12(18)13-17-16-11(19-13)7-9-5-3-4-6-10(9)14/h3-6,8H,7H2,1-2H3,(H,15,18). The van der Waals surface area contributed by atoms with Crippen LogP contribution in [0.15, 0.2) is 28.7 Å². The molecule has 19 heavy (non-hydrogen) atoms. The van der Waals surface area contributed by atoms with E-state index in [4.69, 9.17) is 16.0 Å². The van der Waals surface area contributed by atoms with Crippen molar-refractivity contribution in [2.75, 3.05) is 0 Å². The number of carbonyl (C=O) groups is 1. The van der Waals surface area contributed by atoms with Gasteiger partial charge in [0, 0.05) is 11.1 Å². The molecule has 0 saturated heterocycles. The van der Waals surface area contributed by atoms with Crippen LogP contribution in [0.3, 0.4) is 0 Å². The lowest BCUT2D eigenvalue weighted by atomic mass is 10.1. The Morgan fingerprint density at radius 1 is 1.37 bits per heavy atom. The normalized spacial score (nSPS) is 10.7. The van der Waals surface area contributed by atoms with E-state index in [1.165, 1.54) is 0 Å². The summed E-state index contributed by atoms with van der Waals surface area (Å²) in [5, 5.41) is 10.9. The smallest absolute Gasteiger partial charge is 0.309 e. The third-order valence-corrected chi connectivity index (χ3v) is 2.75. The summed E-state index contributed by atoms with van der Waals surface area (Å²) in [5.74, 6) is -0.0364. The number of nitrogens with one attached hydrogen (secondary N) is 1. The molecule has 0 aliphatic heterocycles. The number of carbonyl (C=O) groups excluding carboxylic acids is 1. The van der Waals surface area contributed by atoms with E-state index < -0.39 is 0 Å². The van der Waals surface area contributed by atoms with E-state index in [-0.39, 0.29) is 17.8 Å². The Morgan fingerprint density at radius 3 is 2.79 bits per heavy atom. The molecule has 0 unspecified atom stereocenters. The van der Waals surface area contributed by atoms with Gasteiger partial charge >= 0.3 is 11.8 Å². The first-order valence-corrected chi connectivity index (χ1v) is 6.30. The van der Waals surface area contributed by atoms with Crippen molar-refractivity contribution < 1.29 is 9.21 Å². The maximum Gasteiger partial charge on any atom is 0.309 e. The Kier molecular flexibility index (Phi) is 4.16. The molecule has 0 aliphatic carbocycles. The van der Waals surface area contributed by atoms with Crippen molar-refractivity contribution in [1.29, 1.82) is 0 Å². The molecule has 2 rings (SSSR count).